The first-order valence-corrected chi connectivity index (χ1v) is 6.78. The van der Waals surface area contributed by atoms with E-state index in [9.17, 15) is 19.8 Å². The third-order valence-electron chi connectivity index (χ3n) is 4.62. The van der Waals surface area contributed by atoms with E-state index in [0.29, 0.717) is 5.57 Å². The average Bonchev–Trinajstić information content (AvgIpc) is 2.41. The van der Waals surface area contributed by atoms with Crippen LogP contribution in [0, 0.1) is 5.41 Å². The van der Waals surface area contributed by atoms with Crippen molar-refractivity contribution in [3.8, 4) is 0 Å². The minimum atomic E-state index is -1.59. The monoisotopic (exact) mass is 296 g/mol. The fraction of sp³-hybridized carbons (Fsp3) is 0.600. The van der Waals surface area contributed by atoms with E-state index in [1.54, 1.807) is 20.8 Å². The Balaban J connectivity index is 2.43. The standard InChI is InChI=1S/C15H20O6/c1-9(6-11(17)18)4-5-15(20)13(2)7-10(16)8-14(15,3)21-12(13)19/h4-6,10,16,20H,7-8H2,1-3H3,(H,17,18)/b5-4+,9-6+. The van der Waals surface area contributed by atoms with Crippen molar-refractivity contribution in [2.24, 2.45) is 5.41 Å². The van der Waals surface area contributed by atoms with Crippen molar-refractivity contribution in [3.63, 3.8) is 0 Å². The highest BCUT2D eigenvalue weighted by Crippen LogP contribution is 2.58. The Hall–Kier alpha value is -1.66. The molecule has 2 fully saturated rings. The molecule has 1 aliphatic heterocycles. The molecule has 0 aromatic carbocycles. The number of ether oxygens (including phenoxy) is 1. The minimum Gasteiger partial charge on any atom is -0.478 e. The first-order chi connectivity index (χ1) is 9.54. The number of carboxylic acids is 1. The maximum atomic E-state index is 12.1. The Morgan fingerprint density at radius 2 is 2.00 bits per heavy atom. The van der Waals surface area contributed by atoms with Gasteiger partial charge in [0.1, 0.15) is 16.6 Å². The highest BCUT2D eigenvalue weighted by atomic mass is 16.6. The molecule has 1 aliphatic carbocycles. The summed E-state index contributed by atoms with van der Waals surface area (Å²) < 4.78 is 5.34. The maximum Gasteiger partial charge on any atom is 0.328 e. The van der Waals surface area contributed by atoms with Crippen molar-refractivity contribution >= 4 is 11.9 Å². The predicted octanol–water partition coefficient (Wildman–Crippen LogP) is 0.781. The van der Waals surface area contributed by atoms with Gasteiger partial charge in [0.15, 0.2) is 0 Å². The Morgan fingerprint density at radius 1 is 1.38 bits per heavy atom. The van der Waals surface area contributed by atoms with Gasteiger partial charge in [-0.2, -0.15) is 0 Å². The van der Waals surface area contributed by atoms with Crippen LogP contribution < -0.4 is 0 Å². The molecule has 116 valence electrons. The molecule has 2 rings (SSSR count). The fourth-order valence-electron chi connectivity index (χ4n) is 3.42. The SMILES string of the molecule is CC(/C=C/C1(O)C2(C)CC(O)CC1(C)C(=O)O2)=C\C(=O)O. The largest absolute Gasteiger partial charge is 0.478 e. The van der Waals surface area contributed by atoms with Gasteiger partial charge < -0.3 is 20.1 Å². The molecule has 0 spiro atoms. The molecule has 2 aliphatic rings. The molecular formula is C15H20O6. The third kappa shape index (κ3) is 2.18. The summed E-state index contributed by atoms with van der Waals surface area (Å²) in [4.78, 5) is 22.7. The van der Waals surface area contributed by atoms with Gasteiger partial charge in [0, 0.05) is 12.5 Å². The molecule has 0 radical (unpaired) electrons. The van der Waals surface area contributed by atoms with E-state index in [0.717, 1.165) is 6.08 Å². The number of esters is 1. The molecule has 1 heterocycles. The highest BCUT2D eigenvalue weighted by molar-refractivity contribution is 5.84. The summed E-state index contributed by atoms with van der Waals surface area (Å²) in [6.07, 6.45) is 3.40. The molecule has 0 amide bonds. The lowest BCUT2D eigenvalue weighted by molar-refractivity contribution is -0.156. The van der Waals surface area contributed by atoms with Crippen LogP contribution in [0.4, 0.5) is 0 Å². The van der Waals surface area contributed by atoms with Crippen LogP contribution in [0.1, 0.15) is 33.6 Å². The van der Waals surface area contributed by atoms with E-state index in [1.165, 1.54) is 12.2 Å². The van der Waals surface area contributed by atoms with Crippen molar-refractivity contribution in [2.45, 2.75) is 50.9 Å². The predicted molar refractivity (Wildman–Crippen MR) is 73.3 cm³/mol. The van der Waals surface area contributed by atoms with Crippen molar-refractivity contribution in [3.05, 3.63) is 23.8 Å². The number of hydrogen-bond donors (Lipinski definition) is 3. The van der Waals surface area contributed by atoms with Crippen LogP contribution >= 0.6 is 0 Å². The summed E-state index contributed by atoms with van der Waals surface area (Å²) >= 11 is 0. The van der Waals surface area contributed by atoms with Gasteiger partial charge in [0.25, 0.3) is 0 Å². The average molecular weight is 296 g/mol. The normalized spacial score (nSPS) is 43.2. The molecule has 6 nitrogen and oxygen atoms in total. The second-order valence-corrected chi connectivity index (χ2v) is 6.34. The number of carbonyl (C=O) groups is 2. The molecule has 0 aromatic rings. The van der Waals surface area contributed by atoms with E-state index in [1.807, 2.05) is 0 Å². The first kappa shape index (κ1) is 15.7. The van der Waals surface area contributed by atoms with E-state index < -0.39 is 34.7 Å². The lowest BCUT2D eigenvalue weighted by Gasteiger charge is -2.47. The number of hydrogen-bond acceptors (Lipinski definition) is 5. The summed E-state index contributed by atoms with van der Waals surface area (Å²) in [7, 11) is 0. The van der Waals surface area contributed by atoms with Crippen molar-refractivity contribution in [2.75, 3.05) is 0 Å². The number of aliphatic carboxylic acids is 1. The summed E-state index contributed by atoms with van der Waals surface area (Å²) in [6.45, 7) is 4.73. The number of aliphatic hydroxyl groups excluding tert-OH is 1. The smallest absolute Gasteiger partial charge is 0.328 e. The number of aliphatic hydroxyl groups is 2. The van der Waals surface area contributed by atoms with E-state index in [-0.39, 0.29) is 12.8 Å². The van der Waals surface area contributed by atoms with E-state index in [4.69, 9.17) is 9.84 Å². The Kier molecular flexibility index (Phi) is 3.50. The molecule has 2 bridgehead atoms. The zero-order valence-electron chi connectivity index (χ0n) is 12.3. The van der Waals surface area contributed by atoms with Gasteiger partial charge in [-0.15, -0.1) is 0 Å². The topological polar surface area (TPSA) is 104 Å². The van der Waals surface area contributed by atoms with E-state index >= 15 is 0 Å². The Labute approximate surface area is 122 Å². The number of fused-ring (bicyclic) bond motifs is 2. The van der Waals surface area contributed by atoms with Crippen molar-refractivity contribution in [1.82, 2.24) is 0 Å². The number of carbonyl (C=O) groups excluding carboxylic acids is 1. The molecule has 4 atom stereocenters. The summed E-state index contributed by atoms with van der Waals surface area (Å²) in [6, 6.07) is 0. The maximum absolute atomic E-state index is 12.1. The van der Waals surface area contributed by atoms with Gasteiger partial charge in [-0.25, -0.2) is 4.79 Å². The molecule has 1 saturated heterocycles. The Bertz CT molecular complexity index is 550. The van der Waals surface area contributed by atoms with Gasteiger partial charge >= 0.3 is 11.9 Å². The van der Waals surface area contributed by atoms with Crippen LogP contribution in [-0.4, -0.2) is 44.6 Å². The quantitative estimate of drug-likeness (QED) is 0.404. The zero-order chi connectivity index (χ0) is 16.1. The van der Waals surface area contributed by atoms with Crippen LogP contribution in [0.5, 0.6) is 0 Å². The summed E-state index contributed by atoms with van der Waals surface area (Å²) in [5.41, 5.74) is -3.64. The second-order valence-electron chi connectivity index (χ2n) is 6.34. The highest BCUT2D eigenvalue weighted by Gasteiger charge is 2.72. The van der Waals surface area contributed by atoms with Crippen LogP contribution in [0.15, 0.2) is 23.8 Å². The Morgan fingerprint density at radius 3 is 2.52 bits per heavy atom. The number of rotatable bonds is 3. The lowest BCUT2D eigenvalue weighted by Crippen LogP contribution is -2.61. The third-order valence-corrected chi connectivity index (χ3v) is 4.62. The second kappa shape index (κ2) is 4.68. The van der Waals surface area contributed by atoms with Crippen molar-refractivity contribution < 1.29 is 29.6 Å². The molecule has 21 heavy (non-hydrogen) atoms. The van der Waals surface area contributed by atoms with Crippen LogP contribution in [0.3, 0.4) is 0 Å². The van der Waals surface area contributed by atoms with Gasteiger partial charge in [-0.1, -0.05) is 6.08 Å². The molecule has 3 N–H and O–H groups in total. The fourth-order valence-corrected chi connectivity index (χ4v) is 3.42. The summed E-state index contributed by atoms with van der Waals surface area (Å²) in [5.74, 6) is -1.63. The molecule has 1 saturated carbocycles. The molecule has 6 heteroatoms. The van der Waals surface area contributed by atoms with Gasteiger partial charge in [0.2, 0.25) is 0 Å². The summed E-state index contributed by atoms with van der Waals surface area (Å²) in [5, 5.41) is 29.6. The first-order valence-electron chi connectivity index (χ1n) is 6.78. The van der Waals surface area contributed by atoms with E-state index in [2.05, 4.69) is 0 Å². The zero-order valence-corrected chi connectivity index (χ0v) is 12.3. The molecule has 4 unspecified atom stereocenters. The molecule has 0 aromatic heterocycles. The minimum absolute atomic E-state index is 0.101. The van der Waals surface area contributed by atoms with Crippen LogP contribution in [0.25, 0.3) is 0 Å². The number of carboxylic acid groups (broad SMARTS) is 1. The van der Waals surface area contributed by atoms with Crippen LogP contribution in [0.2, 0.25) is 0 Å². The number of allylic oxidation sites excluding steroid dienone is 2. The van der Waals surface area contributed by atoms with Crippen molar-refractivity contribution in [1.29, 1.82) is 0 Å². The lowest BCUT2D eigenvalue weighted by atomic mass is 9.59. The molecular weight excluding hydrogens is 276 g/mol. The van der Waals surface area contributed by atoms with Gasteiger partial charge in [-0.05, 0) is 38.8 Å². The van der Waals surface area contributed by atoms with Crippen LogP contribution in [-0.2, 0) is 14.3 Å². The van der Waals surface area contributed by atoms with Gasteiger partial charge in [0.05, 0.1) is 6.10 Å². The van der Waals surface area contributed by atoms with Gasteiger partial charge in [-0.3, -0.25) is 4.79 Å².